The van der Waals surface area contributed by atoms with Gasteiger partial charge in [0.1, 0.15) is 0 Å². The highest BCUT2D eigenvalue weighted by Gasteiger charge is 2.31. The molecular formula is C22H24N2O4. The van der Waals surface area contributed by atoms with E-state index in [1.807, 2.05) is 30.3 Å². The smallest absolute Gasteiger partial charge is 0.330 e. The number of carboxylic acids is 1. The normalized spacial score (nSPS) is 17.6. The first-order valence-electron chi connectivity index (χ1n) is 9.44. The van der Waals surface area contributed by atoms with Crippen LogP contribution in [0.25, 0.3) is 0 Å². The number of hydrogen-bond acceptors (Lipinski definition) is 3. The number of carbonyl (C=O) groups is 3. The van der Waals surface area contributed by atoms with Gasteiger partial charge in [0.15, 0.2) is 6.04 Å². The van der Waals surface area contributed by atoms with Gasteiger partial charge in [-0.25, -0.2) is 4.79 Å². The summed E-state index contributed by atoms with van der Waals surface area (Å²) in [4.78, 5) is 38.6. The van der Waals surface area contributed by atoms with Crippen LogP contribution in [-0.4, -0.2) is 40.9 Å². The number of rotatable bonds is 6. The fourth-order valence-corrected chi connectivity index (χ4v) is 3.49. The van der Waals surface area contributed by atoms with Crippen LogP contribution in [0.1, 0.15) is 30.0 Å². The summed E-state index contributed by atoms with van der Waals surface area (Å²) in [5.41, 5.74) is 1.46. The SMILES string of the molecule is O=C(N[C@@H](C(=O)O)c1ccccc1)C1CCCN(C(=O)Cc2ccccc2)C1. The maximum absolute atomic E-state index is 12.7. The predicted octanol–water partition coefficient (Wildman–Crippen LogP) is 2.41. The molecule has 0 bridgehead atoms. The van der Waals surface area contributed by atoms with Crippen molar-refractivity contribution in [1.29, 1.82) is 0 Å². The van der Waals surface area contributed by atoms with Crippen LogP contribution in [0.3, 0.4) is 0 Å². The molecule has 0 spiro atoms. The molecule has 1 unspecified atom stereocenters. The number of benzene rings is 2. The van der Waals surface area contributed by atoms with Crippen LogP contribution in [0.2, 0.25) is 0 Å². The van der Waals surface area contributed by atoms with E-state index in [0.29, 0.717) is 31.5 Å². The minimum absolute atomic E-state index is 0.0125. The number of carbonyl (C=O) groups excluding carboxylic acids is 2. The topological polar surface area (TPSA) is 86.7 Å². The maximum Gasteiger partial charge on any atom is 0.330 e. The Morgan fingerprint density at radius 1 is 1.04 bits per heavy atom. The lowest BCUT2D eigenvalue weighted by Gasteiger charge is -2.32. The van der Waals surface area contributed by atoms with Crippen molar-refractivity contribution < 1.29 is 19.5 Å². The third-order valence-electron chi connectivity index (χ3n) is 5.01. The molecule has 3 rings (SSSR count). The standard InChI is InChI=1S/C22H24N2O4/c25-19(14-16-8-3-1-4-9-16)24-13-7-12-18(15-24)21(26)23-20(22(27)28)17-10-5-2-6-11-17/h1-6,8-11,18,20H,7,12-15H2,(H,23,26)(H,27,28)/t18?,20-/m1/s1. The van der Waals surface area contributed by atoms with E-state index in [1.54, 1.807) is 35.2 Å². The van der Waals surface area contributed by atoms with Crippen molar-refractivity contribution in [1.82, 2.24) is 10.2 Å². The summed E-state index contributed by atoms with van der Waals surface area (Å²) in [6.07, 6.45) is 1.67. The molecule has 2 aromatic rings. The molecule has 0 saturated carbocycles. The van der Waals surface area contributed by atoms with E-state index < -0.39 is 17.9 Å². The summed E-state index contributed by atoms with van der Waals surface area (Å²) < 4.78 is 0. The predicted molar refractivity (Wildman–Crippen MR) is 104 cm³/mol. The van der Waals surface area contributed by atoms with Gasteiger partial charge in [-0.1, -0.05) is 60.7 Å². The molecule has 2 N–H and O–H groups in total. The molecule has 0 radical (unpaired) electrons. The molecule has 2 atom stereocenters. The summed E-state index contributed by atoms with van der Waals surface area (Å²) in [6.45, 7) is 0.940. The molecule has 1 saturated heterocycles. The Labute approximate surface area is 164 Å². The summed E-state index contributed by atoms with van der Waals surface area (Å²) >= 11 is 0. The second kappa shape index (κ2) is 9.17. The van der Waals surface area contributed by atoms with Crippen LogP contribution >= 0.6 is 0 Å². The fraction of sp³-hybridized carbons (Fsp3) is 0.318. The largest absolute Gasteiger partial charge is 0.479 e. The van der Waals surface area contributed by atoms with Crippen molar-refractivity contribution in [2.45, 2.75) is 25.3 Å². The Morgan fingerprint density at radius 2 is 1.68 bits per heavy atom. The Kier molecular flexibility index (Phi) is 6.42. The van der Waals surface area contributed by atoms with E-state index in [0.717, 1.165) is 12.0 Å². The van der Waals surface area contributed by atoms with Gasteiger partial charge in [-0.15, -0.1) is 0 Å². The van der Waals surface area contributed by atoms with E-state index in [1.165, 1.54) is 0 Å². The number of nitrogens with zero attached hydrogens (tertiary/aromatic N) is 1. The van der Waals surface area contributed by atoms with E-state index in [4.69, 9.17) is 0 Å². The molecule has 6 nitrogen and oxygen atoms in total. The number of amides is 2. The zero-order valence-corrected chi connectivity index (χ0v) is 15.6. The minimum Gasteiger partial charge on any atom is -0.479 e. The summed E-state index contributed by atoms with van der Waals surface area (Å²) in [6, 6.07) is 17.0. The van der Waals surface area contributed by atoms with Gasteiger partial charge >= 0.3 is 5.97 Å². The second-order valence-electron chi connectivity index (χ2n) is 7.03. The average molecular weight is 380 g/mol. The van der Waals surface area contributed by atoms with Crippen molar-refractivity contribution in [2.75, 3.05) is 13.1 Å². The molecule has 0 aromatic heterocycles. The van der Waals surface area contributed by atoms with Gasteiger partial charge in [-0.2, -0.15) is 0 Å². The minimum atomic E-state index is -1.10. The van der Waals surface area contributed by atoms with Crippen molar-refractivity contribution in [2.24, 2.45) is 5.92 Å². The Bertz CT molecular complexity index is 823. The first kappa shape index (κ1) is 19.6. The molecule has 2 amide bonds. The van der Waals surface area contributed by atoms with Gasteiger partial charge in [0, 0.05) is 13.1 Å². The van der Waals surface area contributed by atoms with Crippen molar-refractivity contribution >= 4 is 17.8 Å². The van der Waals surface area contributed by atoms with Gasteiger partial charge < -0.3 is 15.3 Å². The quantitative estimate of drug-likeness (QED) is 0.806. The molecule has 1 aliphatic rings. The molecule has 1 fully saturated rings. The van der Waals surface area contributed by atoms with E-state index in [-0.39, 0.29) is 11.8 Å². The highest BCUT2D eigenvalue weighted by molar-refractivity contribution is 5.87. The lowest BCUT2D eigenvalue weighted by Crippen LogP contribution is -2.47. The second-order valence-corrected chi connectivity index (χ2v) is 7.03. The van der Waals surface area contributed by atoms with Gasteiger partial charge in [-0.05, 0) is 24.0 Å². The zero-order valence-electron chi connectivity index (χ0n) is 15.6. The molecule has 28 heavy (non-hydrogen) atoms. The van der Waals surface area contributed by atoms with Gasteiger partial charge in [0.05, 0.1) is 12.3 Å². The monoisotopic (exact) mass is 380 g/mol. The van der Waals surface area contributed by atoms with Crippen LogP contribution < -0.4 is 5.32 Å². The van der Waals surface area contributed by atoms with Crippen molar-refractivity contribution in [3.8, 4) is 0 Å². The molecule has 1 aliphatic heterocycles. The highest BCUT2D eigenvalue weighted by atomic mass is 16.4. The van der Waals surface area contributed by atoms with Crippen molar-refractivity contribution in [3.05, 3.63) is 71.8 Å². The first-order valence-corrected chi connectivity index (χ1v) is 9.44. The molecule has 1 heterocycles. The molecule has 2 aromatic carbocycles. The number of piperidine rings is 1. The Morgan fingerprint density at radius 3 is 2.32 bits per heavy atom. The van der Waals surface area contributed by atoms with Crippen LogP contribution in [0.5, 0.6) is 0 Å². The highest BCUT2D eigenvalue weighted by Crippen LogP contribution is 2.20. The third-order valence-corrected chi connectivity index (χ3v) is 5.01. The van der Waals surface area contributed by atoms with E-state index >= 15 is 0 Å². The zero-order chi connectivity index (χ0) is 19.9. The Hall–Kier alpha value is -3.15. The summed E-state index contributed by atoms with van der Waals surface area (Å²) in [7, 11) is 0. The third kappa shape index (κ3) is 4.97. The van der Waals surface area contributed by atoms with Crippen LogP contribution in [0.4, 0.5) is 0 Å². The number of nitrogens with one attached hydrogen (secondary N) is 1. The number of aliphatic carboxylic acids is 1. The van der Waals surface area contributed by atoms with Crippen LogP contribution in [0, 0.1) is 5.92 Å². The van der Waals surface area contributed by atoms with Gasteiger partial charge in [-0.3, -0.25) is 9.59 Å². The summed E-state index contributed by atoms with van der Waals surface area (Å²) in [5, 5.41) is 12.1. The average Bonchev–Trinajstić information content (AvgIpc) is 2.73. The number of carboxylic acid groups (broad SMARTS) is 1. The lowest BCUT2D eigenvalue weighted by atomic mass is 9.95. The number of likely N-dealkylation sites (tertiary alicyclic amines) is 1. The Balaban J connectivity index is 1.62. The summed E-state index contributed by atoms with van der Waals surface area (Å²) in [5.74, 6) is -1.85. The van der Waals surface area contributed by atoms with Crippen molar-refractivity contribution in [3.63, 3.8) is 0 Å². The van der Waals surface area contributed by atoms with Gasteiger partial charge in [0.25, 0.3) is 0 Å². The van der Waals surface area contributed by atoms with E-state index in [9.17, 15) is 19.5 Å². The van der Waals surface area contributed by atoms with Crippen LogP contribution in [0.15, 0.2) is 60.7 Å². The molecular weight excluding hydrogens is 356 g/mol. The van der Waals surface area contributed by atoms with Crippen LogP contribution in [-0.2, 0) is 20.8 Å². The molecule has 146 valence electrons. The molecule has 6 heteroatoms. The lowest BCUT2D eigenvalue weighted by molar-refractivity contribution is -0.144. The maximum atomic E-state index is 12.7. The first-order chi connectivity index (χ1) is 13.5. The molecule has 0 aliphatic carbocycles. The number of hydrogen-bond donors (Lipinski definition) is 2. The fourth-order valence-electron chi connectivity index (χ4n) is 3.49. The van der Waals surface area contributed by atoms with Gasteiger partial charge in [0.2, 0.25) is 11.8 Å². The van der Waals surface area contributed by atoms with E-state index in [2.05, 4.69) is 5.32 Å².